The van der Waals surface area contributed by atoms with E-state index in [0.717, 1.165) is 57.3 Å². The fourth-order valence-electron chi connectivity index (χ4n) is 4.15. The monoisotopic (exact) mass is 380 g/mol. The van der Waals surface area contributed by atoms with E-state index < -0.39 is 0 Å². The molecule has 1 aromatic carbocycles. The van der Waals surface area contributed by atoms with Crippen molar-refractivity contribution >= 4 is 0 Å². The van der Waals surface area contributed by atoms with Crippen molar-refractivity contribution in [2.45, 2.75) is 50.9 Å². The smallest absolute Gasteiger partial charge is 0.343 e. The van der Waals surface area contributed by atoms with Crippen LogP contribution in [-0.4, -0.2) is 18.3 Å². The van der Waals surface area contributed by atoms with Crippen LogP contribution in [0.15, 0.2) is 57.3 Å². The molecule has 0 amide bonds. The standard InChI is InChI=1S/C24H28O4/c25-21-15-20(11-5-4-7-17-8-6-14-27-16-17)28-24(26)23(21)22(19-12-13-19)18-9-2-1-3-10-18/h1-3,8-10,15,19,22,25H,4-7,11-14,16H2. The summed E-state index contributed by atoms with van der Waals surface area (Å²) in [6.07, 6.45) is 9.07. The lowest BCUT2D eigenvalue weighted by molar-refractivity contribution is 0.148. The summed E-state index contributed by atoms with van der Waals surface area (Å²) in [5.41, 5.74) is 2.46. The fraction of sp³-hybridized carbons (Fsp3) is 0.458. The molecular weight excluding hydrogens is 352 g/mol. The van der Waals surface area contributed by atoms with Gasteiger partial charge in [0, 0.05) is 18.4 Å². The van der Waals surface area contributed by atoms with E-state index in [1.54, 1.807) is 6.07 Å². The van der Waals surface area contributed by atoms with Crippen LogP contribution in [0.25, 0.3) is 0 Å². The molecule has 1 aliphatic heterocycles. The van der Waals surface area contributed by atoms with E-state index in [-0.39, 0.29) is 17.3 Å². The second-order valence-corrected chi connectivity index (χ2v) is 7.94. The van der Waals surface area contributed by atoms with Gasteiger partial charge in [0.25, 0.3) is 0 Å². The third-order valence-corrected chi connectivity index (χ3v) is 5.73. The predicted molar refractivity (Wildman–Crippen MR) is 109 cm³/mol. The molecule has 2 heterocycles. The van der Waals surface area contributed by atoms with Crippen LogP contribution in [0.1, 0.15) is 61.3 Å². The first kappa shape index (κ1) is 19.0. The van der Waals surface area contributed by atoms with Gasteiger partial charge in [-0.3, -0.25) is 0 Å². The van der Waals surface area contributed by atoms with Crippen LogP contribution in [0.5, 0.6) is 5.75 Å². The van der Waals surface area contributed by atoms with Gasteiger partial charge in [-0.2, -0.15) is 0 Å². The van der Waals surface area contributed by atoms with Gasteiger partial charge in [0.15, 0.2) is 0 Å². The van der Waals surface area contributed by atoms with Gasteiger partial charge in [-0.1, -0.05) is 36.4 Å². The lowest BCUT2D eigenvalue weighted by atomic mass is 9.87. The number of benzene rings is 1. The van der Waals surface area contributed by atoms with Crippen molar-refractivity contribution in [2.24, 2.45) is 5.92 Å². The number of unbranched alkanes of at least 4 members (excludes halogenated alkanes) is 1. The normalized spacial score (nSPS) is 17.9. The van der Waals surface area contributed by atoms with Crippen LogP contribution in [0.2, 0.25) is 0 Å². The maximum atomic E-state index is 12.7. The minimum atomic E-state index is -0.390. The predicted octanol–water partition coefficient (Wildman–Crippen LogP) is 4.95. The molecule has 2 aromatic rings. The number of rotatable bonds is 8. The Bertz CT molecular complexity index is 877. The minimum absolute atomic E-state index is 0.0789. The zero-order valence-electron chi connectivity index (χ0n) is 16.2. The summed E-state index contributed by atoms with van der Waals surface area (Å²) >= 11 is 0. The Morgan fingerprint density at radius 3 is 2.57 bits per heavy atom. The summed E-state index contributed by atoms with van der Waals surface area (Å²) in [6.45, 7) is 1.57. The van der Waals surface area contributed by atoms with Gasteiger partial charge in [-0.05, 0) is 55.6 Å². The van der Waals surface area contributed by atoms with Crippen LogP contribution in [0.3, 0.4) is 0 Å². The number of aromatic hydroxyl groups is 1. The first-order chi connectivity index (χ1) is 13.7. The Balaban J connectivity index is 1.44. The van der Waals surface area contributed by atoms with Crippen molar-refractivity contribution < 1.29 is 14.3 Å². The molecule has 0 spiro atoms. The summed E-state index contributed by atoms with van der Waals surface area (Å²) in [6, 6.07) is 11.6. The average Bonchev–Trinajstić information content (AvgIpc) is 3.54. The molecule has 1 atom stereocenters. The highest BCUT2D eigenvalue weighted by atomic mass is 16.5. The van der Waals surface area contributed by atoms with Crippen LogP contribution in [0.4, 0.5) is 0 Å². The maximum Gasteiger partial charge on any atom is 0.343 e. The Morgan fingerprint density at radius 1 is 1.11 bits per heavy atom. The van der Waals surface area contributed by atoms with Crippen molar-refractivity contribution in [1.29, 1.82) is 0 Å². The molecule has 0 bridgehead atoms. The minimum Gasteiger partial charge on any atom is -0.507 e. The first-order valence-electron chi connectivity index (χ1n) is 10.4. The Hall–Kier alpha value is -2.33. The van der Waals surface area contributed by atoms with Crippen LogP contribution >= 0.6 is 0 Å². The number of hydrogen-bond acceptors (Lipinski definition) is 4. The number of hydrogen-bond donors (Lipinski definition) is 1. The molecule has 0 radical (unpaired) electrons. The lowest BCUT2D eigenvalue weighted by Crippen LogP contribution is -2.16. The summed E-state index contributed by atoms with van der Waals surface area (Å²) in [5.74, 6) is 0.982. The molecule has 1 aliphatic carbocycles. The molecule has 28 heavy (non-hydrogen) atoms. The molecule has 1 aromatic heterocycles. The lowest BCUT2D eigenvalue weighted by Gasteiger charge is -2.17. The van der Waals surface area contributed by atoms with Gasteiger partial charge in [0.2, 0.25) is 0 Å². The molecular formula is C24H28O4. The van der Waals surface area contributed by atoms with Gasteiger partial charge in [0.05, 0.1) is 18.8 Å². The Morgan fingerprint density at radius 2 is 1.89 bits per heavy atom. The fourth-order valence-corrected chi connectivity index (χ4v) is 4.15. The summed E-state index contributed by atoms with van der Waals surface area (Å²) in [4.78, 5) is 12.7. The van der Waals surface area contributed by atoms with E-state index >= 15 is 0 Å². The van der Waals surface area contributed by atoms with Gasteiger partial charge < -0.3 is 14.3 Å². The van der Waals surface area contributed by atoms with E-state index in [1.165, 1.54) is 5.57 Å². The van der Waals surface area contributed by atoms with Gasteiger partial charge >= 0.3 is 5.63 Å². The zero-order valence-corrected chi connectivity index (χ0v) is 16.2. The molecule has 4 nitrogen and oxygen atoms in total. The van der Waals surface area contributed by atoms with Crippen LogP contribution in [0, 0.1) is 5.92 Å². The molecule has 4 rings (SSSR count). The molecule has 1 N–H and O–H groups in total. The highest BCUT2D eigenvalue weighted by Crippen LogP contribution is 2.47. The SMILES string of the molecule is O=c1oc(CCCCC2=CCCOC2)cc(O)c1C(c1ccccc1)C1CC1. The van der Waals surface area contributed by atoms with Crippen LogP contribution < -0.4 is 5.63 Å². The highest BCUT2D eigenvalue weighted by molar-refractivity contribution is 5.41. The summed E-state index contributed by atoms with van der Waals surface area (Å²) in [5, 5.41) is 10.7. The summed E-state index contributed by atoms with van der Waals surface area (Å²) in [7, 11) is 0. The number of aryl methyl sites for hydroxylation is 1. The summed E-state index contributed by atoms with van der Waals surface area (Å²) < 4.78 is 11.1. The molecule has 148 valence electrons. The highest BCUT2D eigenvalue weighted by Gasteiger charge is 2.37. The molecule has 2 aliphatic rings. The van der Waals surface area contributed by atoms with E-state index in [1.807, 2.05) is 30.3 Å². The van der Waals surface area contributed by atoms with Crippen molar-refractivity contribution in [3.63, 3.8) is 0 Å². The molecule has 1 saturated carbocycles. The van der Waals surface area contributed by atoms with E-state index in [0.29, 0.717) is 23.7 Å². The third kappa shape index (κ3) is 4.56. The molecule has 1 unspecified atom stereocenters. The van der Waals surface area contributed by atoms with Crippen molar-refractivity contribution in [3.8, 4) is 5.75 Å². The van der Waals surface area contributed by atoms with Crippen molar-refractivity contribution in [2.75, 3.05) is 13.2 Å². The van der Waals surface area contributed by atoms with E-state index in [4.69, 9.17) is 9.15 Å². The largest absolute Gasteiger partial charge is 0.507 e. The Labute approximate surface area is 165 Å². The molecule has 4 heteroatoms. The van der Waals surface area contributed by atoms with Crippen molar-refractivity contribution in [3.05, 3.63) is 75.4 Å². The third-order valence-electron chi connectivity index (χ3n) is 5.73. The van der Waals surface area contributed by atoms with E-state index in [2.05, 4.69) is 6.08 Å². The van der Waals surface area contributed by atoms with Gasteiger partial charge in [0.1, 0.15) is 11.5 Å². The Kier molecular flexibility index (Phi) is 5.96. The van der Waals surface area contributed by atoms with Crippen molar-refractivity contribution in [1.82, 2.24) is 0 Å². The average molecular weight is 380 g/mol. The maximum absolute atomic E-state index is 12.7. The first-order valence-corrected chi connectivity index (χ1v) is 10.4. The van der Waals surface area contributed by atoms with Gasteiger partial charge in [-0.15, -0.1) is 0 Å². The second kappa shape index (κ2) is 8.78. The topological polar surface area (TPSA) is 59.7 Å². The molecule has 0 saturated heterocycles. The number of ether oxygens (including phenoxy) is 1. The molecule has 1 fully saturated rings. The van der Waals surface area contributed by atoms with Crippen LogP contribution in [-0.2, 0) is 11.2 Å². The quantitative estimate of drug-likeness (QED) is 0.520. The van der Waals surface area contributed by atoms with E-state index in [9.17, 15) is 9.90 Å². The second-order valence-electron chi connectivity index (χ2n) is 7.94. The zero-order chi connectivity index (χ0) is 19.3. The van der Waals surface area contributed by atoms with Gasteiger partial charge in [-0.25, -0.2) is 4.79 Å².